The quantitative estimate of drug-likeness (QED) is 0.352. The molecule has 7 nitrogen and oxygen atoms in total. The number of nitrogens with zero attached hydrogens (tertiary/aromatic N) is 1. The third-order valence-electron chi connectivity index (χ3n) is 9.24. The topological polar surface area (TPSA) is 95.9 Å². The molecule has 7 heteroatoms. The van der Waals surface area contributed by atoms with Gasteiger partial charge in [-0.1, -0.05) is 99.6 Å². The molecule has 41 heavy (non-hydrogen) atoms. The van der Waals surface area contributed by atoms with Crippen molar-refractivity contribution in [1.29, 1.82) is 0 Å². The summed E-state index contributed by atoms with van der Waals surface area (Å²) in [5.41, 5.74) is 5.11. The van der Waals surface area contributed by atoms with Crippen LogP contribution in [0.1, 0.15) is 56.2 Å². The second kappa shape index (κ2) is 11.8. The van der Waals surface area contributed by atoms with Crippen molar-refractivity contribution in [2.75, 3.05) is 13.2 Å². The van der Waals surface area contributed by atoms with Gasteiger partial charge < -0.3 is 20.1 Å². The van der Waals surface area contributed by atoms with E-state index in [2.05, 4.69) is 29.6 Å². The predicted octanol–water partition coefficient (Wildman–Crippen LogP) is 6.08. The van der Waals surface area contributed by atoms with Crippen molar-refractivity contribution in [3.63, 3.8) is 0 Å². The Morgan fingerprint density at radius 1 is 0.902 bits per heavy atom. The van der Waals surface area contributed by atoms with Gasteiger partial charge in [0.25, 0.3) is 0 Å². The Hall–Kier alpha value is -4.13. The zero-order chi connectivity index (χ0) is 29.1. The molecule has 0 heterocycles. The standard InChI is InChI=1S/C34H38N2O5/c1-22-30(35-33(40)41-21-28-26-15-9-7-13-24(26)25-14-8-10-16-27(25)28)18-17-29(34(22,2)3)32(39)36(20-31(37)38)19-23-11-5-4-6-12-23/h4-16,22,28-30H,17-21H2,1-3H3,(H,35,40)(H,37,38). The number of hydrogen-bond acceptors (Lipinski definition) is 4. The highest BCUT2D eigenvalue weighted by Crippen LogP contribution is 2.47. The van der Waals surface area contributed by atoms with E-state index in [-0.39, 0.29) is 49.4 Å². The molecule has 3 unspecified atom stereocenters. The van der Waals surface area contributed by atoms with Crippen molar-refractivity contribution >= 4 is 18.0 Å². The molecule has 0 saturated heterocycles. The maximum Gasteiger partial charge on any atom is 0.407 e. The van der Waals surface area contributed by atoms with E-state index in [1.54, 1.807) is 0 Å². The lowest BCUT2D eigenvalue weighted by Gasteiger charge is -2.48. The second-order valence-corrected chi connectivity index (χ2v) is 11.9. The van der Waals surface area contributed by atoms with Crippen LogP contribution in [0.15, 0.2) is 78.9 Å². The van der Waals surface area contributed by atoms with Crippen LogP contribution in [-0.4, -0.2) is 47.2 Å². The van der Waals surface area contributed by atoms with Crippen LogP contribution in [0.3, 0.4) is 0 Å². The second-order valence-electron chi connectivity index (χ2n) is 11.9. The lowest BCUT2D eigenvalue weighted by molar-refractivity contribution is -0.151. The van der Waals surface area contributed by atoms with E-state index in [1.807, 2.05) is 75.4 Å². The first-order valence-corrected chi connectivity index (χ1v) is 14.3. The molecule has 0 radical (unpaired) electrons. The van der Waals surface area contributed by atoms with Crippen LogP contribution in [0.4, 0.5) is 4.79 Å². The van der Waals surface area contributed by atoms with Gasteiger partial charge in [-0.3, -0.25) is 9.59 Å². The SMILES string of the molecule is CC1C(NC(=O)OCC2c3ccccc3-c3ccccc32)CCC(C(=O)N(CC(=O)O)Cc2ccccc2)C1(C)C. The first kappa shape index (κ1) is 28.4. The number of fused-ring (bicyclic) bond motifs is 3. The van der Waals surface area contributed by atoms with Crippen molar-refractivity contribution in [3.8, 4) is 11.1 Å². The van der Waals surface area contributed by atoms with Crippen LogP contribution in [0.25, 0.3) is 11.1 Å². The highest BCUT2D eigenvalue weighted by molar-refractivity contribution is 5.84. The van der Waals surface area contributed by atoms with Gasteiger partial charge in [-0.15, -0.1) is 0 Å². The Bertz CT molecular complexity index is 1370. The molecule has 0 spiro atoms. The van der Waals surface area contributed by atoms with E-state index < -0.39 is 17.5 Å². The van der Waals surface area contributed by atoms with Crippen molar-refractivity contribution in [1.82, 2.24) is 10.2 Å². The summed E-state index contributed by atoms with van der Waals surface area (Å²) < 4.78 is 5.79. The first-order chi connectivity index (χ1) is 19.7. The maximum atomic E-state index is 13.7. The third kappa shape index (κ3) is 5.85. The monoisotopic (exact) mass is 554 g/mol. The lowest BCUT2D eigenvalue weighted by Crippen LogP contribution is -2.55. The average Bonchev–Trinajstić information content (AvgIpc) is 3.28. The zero-order valence-corrected chi connectivity index (χ0v) is 23.9. The Labute approximate surface area is 241 Å². The number of aliphatic carboxylic acids is 1. The van der Waals surface area contributed by atoms with Gasteiger partial charge >= 0.3 is 12.1 Å². The summed E-state index contributed by atoms with van der Waals surface area (Å²) in [6, 6.07) is 25.8. The fraction of sp³-hybridized carbons (Fsp3) is 0.382. The summed E-state index contributed by atoms with van der Waals surface area (Å²) in [5.74, 6) is -1.60. The Morgan fingerprint density at radius 2 is 1.49 bits per heavy atom. The van der Waals surface area contributed by atoms with Gasteiger partial charge in [-0.2, -0.15) is 0 Å². The highest BCUT2D eigenvalue weighted by Gasteiger charge is 2.48. The van der Waals surface area contributed by atoms with Gasteiger partial charge in [-0.05, 0) is 52.0 Å². The predicted molar refractivity (Wildman–Crippen MR) is 157 cm³/mol. The van der Waals surface area contributed by atoms with Crippen LogP contribution < -0.4 is 5.32 Å². The normalized spacial score (nSPS) is 20.9. The molecule has 2 aliphatic carbocycles. The number of ether oxygens (including phenoxy) is 1. The lowest BCUT2D eigenvalue weighted by atomic mass is 9.60. The molecule has 0 bridgehead atoms. The molecule has 0 aliphatic heterocycles. The molecule has 0 aromatic heterocycles. The van der Waals surface area contributed by atoms with Crippen LogP contribution >= 0.6 is 0 Å². The smallest absolute Gasteiger partial charge is 0.407 e. The van der Waals surface area contributed by atoms with E-state index in [9.17, 15) is 19.5 Å². The van der Waals surface area contributed by atoms with Crippen LogP contribution in [0.5, 0.6) is 0 Å². The van der Waals surface area contributed by atoms with Crippen molar-refractivity contribution in [2.24, 2.45) is 17.3 Å². The van der Waals surface area contributed by atoms with E-state index in [0.29, 0.717) is 12.8 Å². The minimum absolute atomic E-state index is 0.0137. The molecule has 1 fully saturated rings. The fourth-order valence-corrected chi connectivity index (χ4v) is 6.63. The van der Waals surface area contributed by atoms with Crippen molar-refractivity contribution < 1.29 is 24.2 Å². The minimum Gasteiger partial charge on any atom is -0.480 e. The van der Waals surface area contributed by atoms with Gasteiger partial charge in [-0.25, -0.2) is 4.79 Å². The zero-order valence-electron chi connectivity index (χ0n) is 23.9. The number of carbonyl (C=O) groups is 3. The van der Waals surface area contributed by atoms with Gasteiger partial charge in [0.15, 0.2) is 0 Å². The number of amides is 2. The number of hydrogen-bond donors (Lipinski definition) is 2. The molecule has 2 aliphatic rings. The van der Waals surface area contributed by atoms with E-state index in [4.69, 9.17) is 4.74 Å². The number of benzene rings is 3. The Balaban J connectivity index is 1.22. The van der Waals surface area contributed by atoms with Crippen molar-refractivity contribution in [3.05, 3.63) is 95.6 Å². The van der Waals surface area contributed by atoms with Gasteiger partial charge in [0.05, 0.1) is 0 Å². The largest absolute Gasteiger partial charge is 0.480 e. The van der Waals surface area contributed by atoms with E-state index in [0.717, 1.165) is 16.7 Å². The summed E-state index contributed by atoms with van der Waals surface area (Å²) >= 11 is 0. The Morgan fingerprint density at radius 3 is 2.10 bits per heavy atom. The Kier molecular flexibility index (Phi) is 8.15. The number of carboxylic acids is 1. The van der Waals surface area contributed by atoms with Crippen molar-refractivity contribution in [2.45, 2.75) is 52.1 Å². The molecule has 3 atom stereocenters. The summed E-state index contributed by atoms with van der Waals surface area (Å²) in [7, 11) is 0. The van der Waals surface area contributed by atoms with Crippen LogP contribution in [0, 0.1) is 17.3 Å². The number of nitrogens with one attached hydrogen (secondary N) is 1. The van der Waals surface area contributed by atoms with Gasteiger partial charge in [0, 0.05) is 24.4 Å². The maximum absolute atomic E-state index is 13.7. The number of carboxylic acid groups (broad SMARTS) is 1. The molecule has 214 valence electrons. The molecular weight excluding hydrogens is 516 g/mol. The fourth-order valence-electron chi connectivity index (χ4n) is 6.63. The van der Waals surface area contributed by atoms with Crippen LogP contribution in [0.2, 0.25) is 0 Å². The minimum atomic E-state index is -1.04. The molecule has 5 rings (SSSR count). The molecule has 2 N–H and O–H groups in total. The number of alkyl carbamates (subject to hydrolysis) is 1. The van der Waals surface area contributed by atoms with E-state index >= 15 is 0 Å². The summed E-state index contributed by atoms with van der Waals surface area (Å²) in [6.07, 6.45) is 0.702. The average molecular weight is 555 g/mol. The summed E-state index contributed by atoms with van der Waals surface area (Å²) in [5, 5.41) is 12.6. The molecule has 3 aromatic carbocycles. The van der Waals surface area contributed by atoms with Crippen LogP contribution in [-0.2, 0) is 20.9 Å². The summed E-state index contributed by atoms with van der Waals surface area (Å²) in [4.78, 5) is 39.8. The first-order valence-electron chi connectivity index (χ1n) is 14.3. The molecule has 3 aromatic rings. The number of carbonyl (C=O) groups excluding carboxylic acids is 2. The number of rotatable bonds is 8. The molecular formula is C34H38N2O5. The summed E-state index contributed by atoms with van der Waals surface area (Å²) in [6.45, 7) is 6.26. The van der Waals surface area contributed by atoms with Gasteiger partial charge in [0.2, 0.25) is 5.91 Å². The van der Waals surface area contributed by atoms with Gasteiger partial charge in [0.1, 0.15) is 13.2 Å². The highest BCUT2D eigenvalue weighted by atomic mass is 16.5. The molecule has 2 amide bonds. The van der Waals surface area contributed by atoms with E-state index in [1.165, 1.54) is 16.0 Å². The molecule has 1 saturated carbocycles. The third-order valence-corrected chi connectivity index (χ3v) is 9.24.